The summed E-state index contributed by atoms with van der Waals surface area (Å²) in [7, 11) is 0. The number of para-hydroxylation sites is 1. The van der Waals surface area contributed by atoms with Crippen LogP contribution in [0.4, 0.5) is 0 Å². The summed E-state index contributed by atoms with van der Waals surface area (Å²) in [4.78, 5) is 4.58. The molecular formula is C16H13ClN2O. The molecule has 1 unspecified atom stereocenters. The molecule has 0 fully saturated rings. The fraction of sp³-hybridized carbons (Fsp3) is 0.188. The van der Waals surface area contributed by atoms with Crippen molar-refractivity contribution < 1.29 is 4.42 Å². The van der Waals surface area contributed by atoms with Crippen LogP contribution in [0.25, 0.3) is 11.1 Å². The number of rotatable bonds is 1. The van der Waals surface area contributed by atoms with Crippen LogP contribution in [0.3, 0.4) is 0 Å². The van der Waals surface area contributed by atoms with Crippen LogP contribution < -0.4 is 5.32 Å². The van der Waals surface area contributed by atoms with Gasteiger partial charge in [0.1, 0.15) is 11.6 Å². The third-order valence-electron chi connectivity index (χ3n) is 3.74. The van der Waals surface area contributed by atoms with Gasteiger partial charge in [-0.2, -0.15) is 0 Å². The average molecular weight is 285 g/mol. The number of nitrogens with one attached hydrogen (secondary N) is 1. The lowest BCUT2D eigenvalue weighted by Gasteiger charge is -2.24. The van der Waals surface area contributed by atoms with Gasteiger partial charge in [0.15, 0.2) is 5.58 Å². The monoisotopic (exact) mass is 284 g/mol. The van der Waals surface area contributed by atoms with Crippen molar-refractivity contribution >= 4 is 22.7 Å². The molecule has 1 atom stereocenters. The molecule has 3 aromatic rings. The van der Waals surface area contributed by atoms with E-state index in [0.717, 1.165) is 18.5 Å². The largest absolute Gasteiger partial charge is 0.437 e. The maximum Gasteiger partial charge on any atom is 0.217 e. The molecule has 1 aromatic heterocycles. The van der Waals surface area contributed by atoms with Crippen LogP contribution in [0.15, 0.2) is 46.9 Å². The van der Waals surface area contributed by atoms with Crippen LogP contribution in [0, 0.1) is 0 Å². The first-order chi connectivity index (χ1) is 9.83. The van der Waals surface area contributed by atoms with E-state index in [1.165, 1.54) is 11.1 Å². The fourth-order valence-corrected chi connectivity index (χ4v) is 2.99. The molecule has 0 radical (unpaired) electrons. The molecule has 0 amide bonds. The lowest BCUT2D eigenvalue weighted by atomic mass is 9.94. The van der Waals surface area contributed by atoms with E-state index < -0.39 is 0 Å². The van der Waals surface area contributed by atoms with Gasteiger partial charge in [-0.15, -0.1) is 0 Å². The molecule has 0 bridgehead atoms. The Morgan fingerprint density at radius 1 is 1.15 bits per heavy atom. The first-order valence-corrected chi connectivity index (χ1v) is 7.07. The van der Waals surface area contributed by atoms with Crippen molar-refractivity contribution in [3.8, 4) is 0 Å². The lowest BCUT2D eigenvalue weighted by Crippen LogP contribution is -2.30. The zero-order chi connectivity index (χ0) is 13.5. The van der Waals surface area contributed by atoms with E-state index in [9.17, 15) is 0 Å². The Morgan fingerprint density at radius 2 is 2.05 bits per heavy atom. The highest BCUT2D eigenvalue weighted by atomic mass is 35.5. The van der Waals surface area contributed by atoms with Crippen molar-refractivity contribution in [3.05, 3.63) is 64.5 Å². The van der Waals surface area contributed by atoms with Crippen molar-refractivity contribution in [3.63, 3.8) is 0 Å². The molecule has 0 saturated heterocycles. The topological polar surface area (TPSA) is 38.1 Å². The van der Waals surface area contributed by atoms with E-state index in [1.807, 2.05) is 18.2 Å². The number of nitrogens with zero attached hydrogens (tertiary/aromatic N) is 1. The van der Waals surface area contributed by atoms with E-state index in [-0.39, 0.29) is 6.04 Å². The van der Waals surface area contributed by atoms with Crippen LogP contribution in [-0.2, 0) is 6.42 Å². The average Bonchev–Trinajstić information content (AvgIpc) is 2.92. The lowest BCUT2D eigenvalue weighted by molar-refractivity contribution is 0.439. The Balaban J connectivity index is 1.86. The maximum absolute atomic E-state index is 6.16. The Bertz CT molecular complexity index is 781. The molecule has 2 aromatic carbocycles. The van der Waals surface area contributed by atoms with Gasteiger partial charge < -0.3 is 9.73 Å². The van der Waals surface area contributed by atoms with Gasteiger partial charge >= 0.3 is 0 Å². The maximum atomic E-state index is 6.16. The summed E-state index contributed by atoms with van der Waals surface area (Å²) in [5.74, 6) is 0.681. The number of hydrogen-bond acceptors (Lipinski definition) is 3. The predicted octanol–water partition coefficient (Wildman–Crippen LogP) is 3.72. The number of aromatic nitrogens is 1. The summed E-state index contributed by atoms with van der Waals surface area (Å²) in [5, 5.41) is 4.07. The van der Waals surface area contributed by atoms with Crippen LogP contribution >= 0.6 is 11.6 Å². The van der Waals surface area contributed by atoms with Crippen molar-refractivity contribution in [2.45, 2.75) is 12.5 Å². The van der Waals surface area contributed by atoms with Crippen molar-refractivity contribution in [2.75, 3.05) is 6.54 Å². The van der Waals surface area contributed by atoms with Gasteiger partial charge in [-0.1, -0.05) is 41.9 Å². The summed E-state index contributed by atoms with van der Waals surface area (Å²) in [6, 6.07) is 14.0. The van der Waals surface area contributed by atoms with E-state index in [1.54, 1.807) is 0 Å². The molecule has 4 heteroatoms. The summed E-state index contributed by atoms with van der Waals surface area (Å²) in [6.07, 6.45) is 1.04. The third-order valence-corrected chi connectivity index (χ3v) is 4.04. The van der Waals surface area contributed by atoms with Gasteiger partial charge in [-0.25, -0.2) is 4.98 Å². The minimum absolute atomic E-state index is 0.00316. The number of benzene rings is 2. The van der Waals surface area contributed by atoms with Gasteiger partial charge in [0.25, 0.3) is 0 Å². The molecule has 0 aliphatic carbocycles. The second-order valence-corrected chi connectivity index (χ2v) is 5.38. The molecule has 2 heterocycles. The highest BCUT2D eigenvalue weighted by molar-refractivity contribution is 6.34. The van der Waals surface area contributed by atoms with Gasteiger partial charge in [-0.05, 0) is 29.7 Å². The molecule has 1 aliphatic heterocycles. The smallest absolute Gasteiger partial charge is 0.217 e. The van der Waals surface area contributed by atoms with E-state index in [4.69, 9.17) is 16.0 Å². The Hall–Kier alpha value is -1.84. The van der Waals surface area contributed by atoms with Gasteiger partial charge in [0.2, 0.25) is 5.89 Å². The van der Waals surface area contributed by atoms with Crippen molar-refractivity contribution in [1.29, 1.82) is 0 Å². The summed E-state index contributed by atoms with van der Waals surface area (Å²) in [5.41, 5.74) is 4.05. The van der Waals surface area contributed by atoms with Gasteiger partial charge in [0, 0.05) is 6.54 Å². The molecular weight excluding hydrogens is 272 g/mol. The standard InChI is InChI=1S/C16H13ClN2O/c17-12-6-3-7-13-15(12)20-16(19-13)14-11-5-2-1-4-10(11)8-9-18-14/h1-7,14,18H,8-9H2. The predicted molar refractivity (Wildman–Crippen MR) is 79.0 cm³/mol. The highest BCUT2D eigenvalue weighted by Gasteiger charge is 2.25. The van der Waals surface area contributed by atoms with E-state index in [0.29, 0.717) is 16.5 Å². The van der Waals surface area contributed by atoms with Crippen LogP contribution in [0.2, 0.25) is 5.02 Å². The third kappa shape index (κ3) is 1.82. The molecule has 0 spiro atoms. The first-order valence-electron chi connectivity index (χ1n) is 6.69. The Kier molecular flexibility index (Phi) is 2.76. The molecule has 0 saturated carbocycles. The summed E-state index contributed by atoms with van der Waals surface area (Å²) in [6.45, 7) is 0.925. The van der Waals surface area contributed by atoms with Crippen LogP contribution in [0.5, 0.6) is 0 Å². The quantitative estimate of drug-likeness (QED) is 0.740. The fourth-order valence-electron chi connectivity index (χ4n) is 2.78. The highest BCUT2D eigenvalue weighted by Crippen LogP contribution is 2.32. The van der Waals surface area contributed by atoms with Crippen LogP contribution in [-0.4, -0.2) is 11.5 Å². The SMILES string of the molecule is Clc1cccc2nc(C3NCCc4ccccc43)oc12. The molecule has 100 valence electrons. The number of halogens is 1. The molecule has 4 rings (SSSR count). The van der Waals surface area contributed by atoms with Gasteiger partial charge in [0.05, 0.1) is 5.02 Å². The van der Waals surface area contributed by atoms with Crippen molar-refractivity contribution in [2.24, 2.45) is 0 Å². The zero-order valence-corrected chi connectivity index (χ0v) is 11.5. The Labute approximate surface area is 121 Å². The summed E-state index contributed by atoms with van der Waals surface area (Å²) < 4.78 is 5.89. The summed E-state index contributed by atoms with van der Waals surface area (Å²) >= 11 is 6.16. The van der Waals surface area contributed by atoms with Crippen molar-refractivity contribution in [1.82, 2.24) is 10.3 Å². The van der Waals surface area contributed by atoms with Gasteiger partial charge in [-0.3, -0.25) is 0 Å². The molecule has 20 heavy (non-hydrogen) atoms. The minimum Gasteiger partial charge on any atom is -0.437 e. The number of hydrogen-bond donors (Lipinski definition) is 1. The molecule has 1 aliphatic rings. The van der Waals surface area contributed by atoms with Crippen LogP contribution in [0.1, 0.15) is 23.1 Å². The number of oxazole rings is 1. The number of fused-ring (bicyclic) bond motifs is 2. The normalized spacial score (nSPS) is 18.1. The molecule has 3 nitrogen and oxygen atoms in total. The zero-order valence-electron chi connectivity index (χ0n) is 10.8. The second kappa shape index (κ2) is 4.62. The Morgan fingerprint density at radius 3 is 2.95 bits per heavy atom. The van der Waals surface area contributed by atoms with E-state index in [2.05, 4.69) is 34.6 Å². The van der Waals surface area contributed by atoms with E-state index >= 15 is 0 Å². The minimum atomic E-state index is 0.00316. The molecule has 1 N–H and O–H groups in total. The first kappa shape index (κ1) is 11.9. The second-order valence-electron chi connectivity index (χ2n) is 4.98.